The second kappa shape index (κ2) is 4.53. The molecule has 0 aromatic carbocycles. The Morgan fingerprint density at radius 2 is 2.40 bits per heavy atom. The second-order valence-electron chi connectivity index (χ2n) is 3.55. The van der Waals surface area contributed by atoms with Crippen LogP contribution in [0.3, 0.4) is 0 Å². The van der Waals surface area contributed by atoms with E-state index in [1.165, 1.54) is 0 Å². The average molecular weight is 310 g/mol. The first-order valence-electron chi connectivity index (χ1n) is 4.73. The summed E-state index contributed by atoms with van der Waals surface area (Å²) in [5.74, 6) is 0. The van der Waals surface area contributed by atoms with Gasteiger partial charge in [-0.3, -0.25) is 0 Å². The van der Waals surface area contributed by atoms with Crippen molar-refractivity contribution in [1.82, 2.24) is 4.31 Å². The molecule has 0 radical (unpaired) electrons. The Kier molecular flexibility index (Phi) is 3.49. The van der Waals surface area contributed by atoms with Crippen LogP contribution in [0.2, 0.25) is 0 Å². The smallest absolute Gasteiger partial charge is 0.211 e. The van der Waals surface area contributed by atoms with Crippen molar-refractivity contribution in [3.8, 4) is 0 Å². The Morgan fingerprint density at radius 3 is 3.00 bits per heavy atom. The van der Waals surface area contributed by atoms with Crippen molar-refractivity contribution >= 4 is 37.3 Å². The molecule has 1 aliphatic rings. The largest absolute Gasteiger partial charge is 0.224 e. The number of hydrogen-bond acceptors (Lipinski definition) is 3. The number of thiophene rings is 1. The summed E-state index contributed by atoms with van der Waals surface area (Å²) in [6, 6.07) is 2.07. The van der Waals surface area contributed by atoms with Crippen molar-refractivity contribution in [1.29, 1.82) is 0 Å². The zero-order valence-corrected chi connectivity index (χ0v) is 11.3. The monoisotopic (exact) mass is 309 g/mol. The maximum Gasteiger partial charge on any atom is 0.224 e. The molecule has 1 aliphatic heterocycles. The molecule has 0 N–H and O–H groups in total. The van der Waals surface area contributed by atoms with Crippen molar-refractivity contribution in [2.24, 2.45) is 0 Å². The molecule has 84 valence electrons. The fraction of sp³-hybridized carbons (Fsp3) is 0.556. The number of sulfonamides is 1. The van der Waals surface area contributed by atoms with Gasteiger partial charge in [0, 0.05) is 6.54 Å². The average Bonchev–Trinajstić information content (AvgIpc) is 2.87. The lowest BCUT2D eigenvalue weighted by Crippen LogP contribution is -2.31. The van der Waals surface area contributed by atoms with Gasteiger partial charge in [0.05, 0.1) is 6.04 Å². The molecule has 3 nitrogen and oxygen atoms in total. The Bertz CT molecular complexity index is 415. The summed E-state index contributed by atoms with van der Waals surface area (Å²) in [7, 11) is -3.12. The molecular weight excluding hydrogens is 298 g/mol. The van der Waals surface area contributed by atoms with Gasteiger partial charge >= 0.3 is 0 Å². The topological polar surface area (TPSA) is 37.4 Å². The Morgan fingerprint density at radius 1 is 1.60 bits per heavy atom. The van der Waals surface area contributed by atoms with E-state index in [-0.39, 0.29) is 10.7 Å². The van der Waals surface area contributed by atoms with Crippen LogP contribution in [0.4, 0.5) is 0 Å². The van der Waals surface area contributed by atoms with E-state index in [0.717, 1.165) is 18.4 Å². The highest BCUT2D eigenvalue weighted by molar-refractivity contribution is 9.10. The lowest BCUT2D eigenvalue weighted by molar-refractivity contribution is 0.400. The molecule has 0 amide bonds. The highest BCUT2D eigenvalue weighted by Gasteiger charge is 2.34. The molecule has 1 unspecified atom stereocenters. The molecule has 1 aromatic rings. The first-order valence-corrected chi connectivity index (χ1v) is 8.40. The molecule has 0 saturated carbocycles. The van der Waals surface area contributed by atoms with Gasteiger partial charge in [0.1, 0.15) is 4.66 Å². The molecule has 2 rings (SSSR count). The summed E-state index contributed by atoms with van der Waals surface area (Å²) in [6.07, 6.45) is 1.88. The summed E-state index contributed by atoms with van der Waals surface area (Å²) in [5, 5.41) is 4.03. The predicted octanol–water partition coefficient (Wildman–Crippen LogP) is 2.57. The van der Waals surface area contributed by atoms with Crippen LogP contribution in [0.1, 0.15) is 24.4 Å². The number of hydrogen-bond donors (Lipinski definition) is 0. The fourth-order valence-electron chi connectivity index (χ4n) is 1.93. The maximum atomic E-state index is 11.8. The number of rotatable bonds is 3. The van der Waals surface area contributed by atoms with Crippen molar-refractivity contribution in [3.05, 3.63) is 22.4 Å². The van der Waals surface area contributed by atoms with Crippen LogP contribution >= 0.6 is 27.3 Å². The van der Waals surface area contributed by atoms with Crippen LogP contribution < -0.4 is 0 Å². The van der Waals surface area contributed by atoms with E-state index < -0.39 is 10.0 Å². The summed E-state index contributed by atoms with van der Waals surface area (Å²) in [5.41, 5.74) is 1.13. The van der Waals surface area contributed by atoms with E-state index in [1.54, 1.807) is 15.6 Å². The third-order valence-corrected chi connectivity index (χ3v) is 6.49. The van der Waals surface area contributed by atoms with Crippen molar-refractivity contribution < 1.29 is 8.42 Å². The molecule has 0 bridgehead atoms. The van der Waals surface area contributed by atoms with Crippen LogP contribution in [-0.4, -0.2) is 23.9 Å². The molecule has 1 saturated heterocycles. The highest BCUT2D eigenvalue weighted by atomic mass is 79.9. The highest BCUT2D eigenvalue weighted by Crippen LogP contribution is 2.35. The summed E-state index contributed by atoms with van der Waals surface area (Å²) >= 11 is 4.66. The van der Waals surface area contributed by atoms with Crippen LogP contribution in [0.25, 0.3) is 0 Å². The zero-order chi connectivity index (χ0) is 10.9. The fourth-order valence-corrected chi connectivity index (χ4v) is 4.58. The Balaban J connectivity index is 2.27. The minimum Gasteiger partial charge on any atom is -0.211 e. The first kappa shape index (κ1) is 11.6. The van der Waals surface area contributed by atoms with Crippen LogP contribution in [0.5, 0.6) is 0 Å². The standard InChI is InChI=1S/C9H12BrNO2S2/c10-7-15(12,13)11-4-1-2-9(11)8-3-5-14-6-8/h3,5-6,9H,1-2,4,7H2. The molecular formula is C9H12BrNO2S2. The molecule has 1 atom stereocenters. The molecule has 15 heavy (non-hydrogen) atoms. The predicted molar refractivity (Wildman–Crippen MR) is 65.7 cm³/mol. The molecule has 1 fully saturated rings. The summed E-state index contributed by atoms with van der Waals surface area (Å²) in [6.45, 7) is 0.647. The van der Waals surface area contributed by atoms with Gasteiger partial charge < -0.3 is 0 Å². The lowest BCUT2D eigenvalue weighted by atomic mass is 10.1. The van der Waals surface area contributed by atoms with E-state index in [2.05, 4.69) is 15.9 Å². The normalized spacial score (nSPS) is 23.4. The first-order chi connectivity index (χ1) is 7.15. The van der Waals surface area contributed by atoms with E-state index in [0.29, 0.717) is 6.54 Å². The SMILES string of the molecule is O=S(=O)(CBr)N1CCCC1c1ccsc1. The molecule has 2 heterocycles. The van der Waals surface area contributed by atoms with Crippen LogP contribution in [0, 0.1) is 0 Å². The number of alkyl halides is 1. The van der Waals surface area contributed by atoms with Crippen molar-refractivity contribution in [2.75, 3.05) is 11.2 Å². The third-order valence-electron chi connectivity index (χ3n) is 2.63. The third kappa shape index (κ3) is 2.27. The lowest BCUT2D eigenvalue weighted by Gasteiger charge is -2.22. The molecule has 1 aromatic heterocycles. The Hall–Kier alpha value is 0.0900. The second-order valence-corrected chi connectivity index (χ2v) is 7.55. The van der Waals surface area contributed by atoms with Gasteiger partial charge in [0.25, 0.3) is 0 Å². The van der Waals surface area contributed by atoms with Crippen LogP contribution in [0.15, 0.2) is 16.8 Å². The van der Waals surface area contributed by atoms with Crippen LogP contribution in [-0.2, 0) is 10.0 Å². The summed E-state index contributed by atoms with van der Waals surface area (Å²) < 4.78 is 25.2. The van der Waals surface area contributed by atoms with Crippen molar-refractivity contribution in [2.45, 2.75) is 18.9 Å². The zero-order valence-electron chi connectivity index (χ0n) is 8.10. The van der Waals surface area contributed by atoms with E-state index in [4.69, 9.17) is 0 Å². The van der Waals surface area contributed by atoms with Gasteiger partial charge in [-0.2, -0.15) is 15.6 Å². The van der Waals surface area contributed by atoms with E-state index in [9.17, 15) is 8.42 Å². The van der Waals surface area contributed by atoms with Gasteiger partial charge in [-0.25, -0.2) is 8.42 Å². The quantitative estimate of drug-likeness (QED) is 0.805. The number of halogens is 1. The number of nitrogens with zero attached hydrogens (tertiary/aromatic N) is 1. The maximum absolute atomic E-state index is 11.8. The summed E-state index contributed by atoms with van der Waals surface area (Å²) in [4.78, 5) is 0. The molecule has 0 spiro atoms. The Labute approximate surface area is 102 Å². The van der Waals surface area contributed by atoms with E-state index in [1.807, 2.05) is 16.8 Å². The van der Waals surface area contributed by atoms with Gasteiger partial charge in [-0.05, 0) is 35.2 Å². The van der Waals surface area contributed by atoms with Gasteiger partial charge in [-0.1, -0.05) is 15.9 Å². The van der Waals surface area contributed by atoms with Gasteiger partial charge in [0.15, 0.2) is 0 Å². The molecule has 0 aliphatic carbocycles. The van der Waals surface area contributed by atoms with Gasteiger partial charge in [0.2, 0.25) is 10.0 Å². The molecule has 6 heteroatoms. The minimum absolute atomic E-state index is 0.0145. The van der Waals surface area contributed by atoms with Gasteiger partial charge in [-0.15, -0.1) is 0 Å². The minimum atomic E-state index is -3.12. The van der Waals surface area contributed by atoms with E-state index >= 15 is 0 Å². The van der Waals surface area contributed by atoms with Crippen molar-refractivity contribution in [3.63, 3.8) is 0 Å².